The van der Waals surface area contributed by atoms with Gasteiger partial charge in [0, 0.05) is 12.5 Å². The van der Waals surface area contributed by atoms with Crippen LogP contribution in [0.4, 0.5) is 0 Å². The first kappa shape index (κ1) is 5.78. The highest BCUT2D eigenvalue weighted by Crippen LogP contribution is 2.24. The molecule has 2 rings (SSSR count). The maximum absolute atomic E-state index is 5.41. The van der Waals surface area contributed by atoms with Crippen molar-refractivity contribution in [1.29, 1.82) is 0 Å². The second kappa shape index (κ2) is 2.33. The number of hydrogen-bond acceptors (Lipinski definition) is 1. The Hall–Kier alpha value is -0.980. The molecule has 0 saturated heterocycles. The summed E-state index contributed by atoms with van der Waals surface area (Å²) in [6.07, 6.45) is 3.57. The van der Waals surface area contributed by atoms with Gasteiger partial charge < -0.3 is 4.74 Å². The van der Waals surface area contributed by atoms with Crippen molar-refractivity contribution < 1.29 is 4.74 Å². The van der Waals surface area contributed by atoms with Gasteiger partial charge in [-0.15, -0.1) is 0 Å². The Bertz CT molecular complexity index is 201. The van der Waals surface area contributed by atoms with Gasteiger partial charge in [0.2, 0.25) is 0 Å². The molecule has 1 atom stereocenters. The van der Waals surface area contributed by atoms with E-state index >= 15 is 0 Å². The first-order valence-corrected chi connectivity index (χ1v) is 3.42. The molecular formula is C9H8O. The average Bonchev–Trinajstić information content (AvgIpc) is 2.74. The van der Waals surface area contributed by atoms with Crippen LogP contribution in [-0.2, 0) is 0 Å². The van der Waals surface area contributed by atoms with Crippen molar-refractivity contribution >= 4 is 0 Å². The minimum atomic E-state index is 0.360. The maximum Gasteiger partial charge on any atom is 0.127 e. The average molecular weight is 132 g/mol. The number of benzene rings is 1. The molecule has 0 bridgehead atoms. The minimum absolute atomic E-state index is 0.360. The van der Waals surface area contributed by atoms with Crippen molar-refractivity contribution in [3.8, 4) is 5.75 Å². The predicted molar refractivity (Wildman–Crippen MR) is 38.6 cm³/mol. The van der Waals surface area contributed by atoms with Gasteiger partial charge in [0.25, 0.3) is 0 Å². The maximum atomic E-state index is 5.41. The van der Waals surface area contributed by atoms with Gasteiger partial charge in [-0.05, 0) is 12.5 Å². The van der Waals surface area contributed by atoms with Gasteiger partial charge in [-0.2, -0.15) is 0 Å². The summed E-state index contributed by atoms with van der Waals surface area (Å²) in [5, 5.41) is 0. The zero-order chi connectivity index (χ0) is 6.81. The van der Waals surface area contributed by atoms with Gasteiger partial charge >= 0.3 is 0 Å². The van der Waals surface area contributed by atoms with E-state index in [1.54, 1.807) is 0 Å². The normalized spacial score (nSPS) is 16.8. The molecule has 50 valence electrons. The highest BCUT2D eigenvalue weighted by molar-refractivity contribution is 5.21. The summed E-state index contributed by atoms with van der Waals surface area (Å²) in [4.78, 5) is 0. The fraction of sp³-hybridized carbons (Fsp3) is 0.222. The number of rotatable bonds is 2. The van der Waals surface area contributed by atoms with Crippen LogP contribution in [0, 0.1) is 12.5 Å². The van der Waals surface area contributed by atoms with Crippen molar-refractivity contribution in [3.05, 3.63) is 36.8 Å². The summed E-state index contributed by atoms with van der Waals surface area (Å²) in [6, 6.07) is 10.7. The minimum Gasteiger partial charge on any atom is -0.489 e. The van der Waals surface area contributed by atoms with Gasteiger partial charge in [0.05, 0.1) is 0 Å². The summed E-state index contributed by atoms with van der Waals surface area (Å²) < 4.78 is 5.41. The monoisotopic (exact) mass is 132 g/mol. The fourth-order valence-electron chi connectivity index (χ4n) is 0.765. The molecule has 1 fully saturated rings. The zero-order valence-corrected chi connectivity index (χ0v) is 5.58. The lowest BCUT2D eigenvalue weighted by Crippen LogP contribution is -1.94. The quantitative estimate of drug-likeness (QED) is 0.596. The second-order valence-corrected chi connectivity index (χ2v) is 2.35. The Morgan fingerprint density at radius 1 is 1.50 bits per heavy atom. The fourth-order valence-corrected chi connectivity index (χ4v) is 0.765. The van der Waals surface area contributed by atoms with E-state index in [1.807, 2.05) is 24.3 Å². The van der Waals surface area contributed by atoms with E-state index < -0.39 is 0 Å². The molecule has 0 N–H and O–H groups in total. The molecule has 1 aliphatic rings. The van der Waals surface area contributed by atoms with Gasteiger partial charge in [-0.1, -0.05) is 18.2 Å². The van der Waals surface area contributed by atoms with Gasteiger partial charge in [-0.3, -0.25) is 0 Å². The number of hydrogen-bond donors (Lipinski definition) is 0. The lowest BCUT2D eigenvalue weighted by atomic mass is 10.3. The predicted octanol–water partition coefficient (Wildman–Crippen LogP) is 1.84. The Kier molecular flexibility index (Phi) is 1.35. The van der Waals surface area contributed by atoms with Crippen molar-refractivity contribution in [2.75, 3.05) is 0 Å². The summed E-state index contributed by atoms with van der Waals surface area (Å²) >= 11 is 0. The summed E-state index contributed by atoms with van der Waals surface area (Å²) in [6.45, 7) is 0. The molecule has 1 aromatic carbocycles. The molecule has 1 unspecified atom stereocenters. The Morgan fingerprint density at radius 3 is 3.00 bits per heavy atom. The molecule has 0 aromatic heterocycles. The van der Waals surface area contributed by atoms with E-state index in [9.17, 15) is 0 Å². The smallest absolute Gasteiger partial charge is 0.127 e. The van der Waals surface area contributed by atoms with Crippen LogP contribution in [0.3, 0.4) is 0 Å². The lowest BCUT2D eigenvalue weighted by Gasteiger charge is -2.00. The highest BCUT2D eigenvalue weighted by Gasteiger charge is 2.23. The molecule has 0 heterocycles. The van der Waals surface area contributed by atoms with Crippen LogP contribution in [0.2, 0.25) is 0 Å². The van der Waals surface area contributed by atoms with E-state index in [0.717, 1.165) is 12.2 Å². The highest BCUT2D eigenvalue weighted by atomic mass is 16.5. The summed E-state index contributed by atoms with van der Waals surface area (Å²) in [5.41, 5.74) is 0. The van der Waals surface area contributed by atoms with Crippen molar-refractivity contribution in [1.82, 2.24) is 0 Å². The molecule has 1 nitrogen and oxygen atoms in total. The van der Waals surface area contributed by atoms with Crippen LogP contribution in [0.25, 0.3) is 0 Å². The number of para-hydroxylation sites is 1. The zero-order valence-electron chi connectivity index (χ0n) is 5.58. The number of ether oxygens (including phenoxy) is 1. The van der Waals surface area contributed by atoms with Crippen LogP contribution < -0.4 is 4.74 Å². The van der Waals surface area contributed by atoms with Crippen molar-refractivity contribution in [2.24, 2.45) is 0 Å². The van der Waals surface area contributed by atoms with Crippen molar-refractivity contribution in [3.63, 3.8) is 0 Å². The van der Waals surface area contributed by atoms with Crippen LogP contribution in [0.1, 0.15) is 6.42 Å². The second-order valence-electron chi connectivity index (χ2n) is 2.35. The molecule has 1 aromatic rings. The van der Waals surface area contributed by atoms with E-state index in [2.05, 4.69) is 12.5 Å². The standard InChI is InChI=1S/C9H8O/c1-2-4-8(5-3-1)10-9-6-7-9/h1-4,6,9H,7H2. The molecule has 1 saturated carbocycles. The molecular weight excluding hydrogens is 124 g/mol. The van der Waals surface area contributed by atoms with Gasteiger partial charge in [-0.25, -0.2) is 0 Å². The Morgan fingerprint density at radius 2 is 2.40 bits per heavy atom. The lowest BCUT2D eigenvalue weighted by molar-refractivity contribution is 0.313. The Balaban J connectivity index is 2.03. The molecule has 2 radical (unpaired) electrons. The molecule has 0 amide bonds. The molecule has 0 spiro atoms. The third kappa shape index (κ3) is 1.29. The third-order valence-corrected chi connectivity index (χ3v) is 1.39. The van der Waals surface area contributed by atoms with Gasteiger partial charge in [0.15, 0.2) is 0 Å². The van der Waals surface area contributed by atoms with Crippen LogP contribution >= 0.6 is 0 Å². The largest absolute Gasteiger partial charge is 0.489 e. The third-order valence-electron chi connectivity index (χ3n) is 1.39. The first-order chi connectivity index (χ1) is 4.95. The topological polar surface area (TPSA) is 9.23 Å². The van der Waals surface area contributed by atoms with E-state index in [-0.39, 0.29) is 0 Å². The van der Waals surface area contributed by atoms with Crippen molar-refractivity contribution in [2.45, 2.75) is 12.5 Å². The van der Waals surface area contributed by atoms with Crippen LogP contribution in [0.15, 0.2) is 24.3 Å². The molecule has 1 heteroatoms. The summed E-state index contributed by atoms with van der Waals surface area (Å²) in [7, 11) is 0. The van der Waals surface area contributed by atoms with E-state index in [1.165, 1.54) is 0 Å². The van der Waals surface area contributed by atoms with E-state index in [4.69, 9.17) is 4.74 Å². The molecule has 1 aliphatic carbocycles. The van der Waals surface area contributed by atoms with Gasteiger partial charge in [0.1, 0.15) is 11.9 Å². The van der Waals surface area contributed by atoms with Crippen LogP contribution in [0.5, 0.6) is 5.75 Å². The molecule has 10 heavy (non-hydrogen) atoms. The SMILES string of the molecule is [c]1ccccc1OC1[CH]C1. The molecule has 0 aliphatic heterocycles. The summed E-state index contributed by atoms with van der Waals surface area (Å²) in [5.74, 6) is 0.848. The Labute approximate surface area is 60.6 Å². The van der Waals surface area contributed by atoms with E-state index in [0.29, 0.717) is 6.10 Å². The first-order valence-electron chi connectivity index (χ1n) is 3.42. The van der Waals surface area contributed by atoms with Crippen LogP contribution in [-0.4, -0.2) is 6.10 Å².